The molecule has 3 atom stereocenters. The Bertz CT molecular complexity index is 397. The molecule has 2 aliphatic rings. The molecule has 0 bridgehead atoms. The van der Waals surface area contributed by atoms with Gasteiger partial charge >= 0.3 is 0 Å². The average molecular weight is 285 g/mol. The van der Waals surface area contributed by atoms with Gasteiger partial charge in [-0.15, -0.1) is 12.4 Å². The van der Waals surface area contributed by atoms with Crippen LogP contribution in [0.4, 0.5) is 4.39 Å². The third-order valence-corrected chi connectivity index (χ3v) is 4.50. The van der Waals surface area contributed by atoms with Crippen molar-refractivity contribution in [3.8, 4) is 0 Å². The standard InChI is InChI=1S/C15H21FN2.ClH/c1-2-15(11-3-5-14(16)6-4-11)18-9-12-7-17-8-13(12)10-18;/h3-6,12-13,15,17H,2,7-10H2,1H3;1H/t12-,13+,15?;. The van der Waals surface area contributed by atoms with Crippen molar-refractivity contribution in [3.63, 3.8) is 0 Å². The van der Waals surface area contributed by atoms with Crippen molar-refractivity contribution >= 4 is 12.4 Å². The van der Waals surface area contributed by atoms with Crippen LogP contribution in [0.1, 0.15) is 24.9 Å². The van der Waals surface area contributed by atoms with E-state index < -0.39 is 0 Å². The third kappa shape index (κ3) is 2.93. The number of nitrogens with one attached hydrogen (secondary N) is 1. The predicted molar refractivity (Wildman–Crippen MR) is 78.1 cm³/mol. The maximum atomic E-state index is 13.0. The Hall–Kier alpha value is -0.640. The van der Waals surface area contributed by atoms with Crippen LogP contribution in [0.3, 0.4) is 0 Å². The van der Waals surface area contributed by atoms with Gasteiger partial charge in [0.15, 0.2) is 0 Å². The molecule has 0 amide bonds. The Balaban J connectivity index is 0.00000133. The molecule has 2 heterocycles. The van der Waals surface area contributed by atoms with E-state index >= 15 is 0 Å². The predicted octanol–water partition coefficient (Wildman–Crippen LogP) is 2.85. The maximum Gasteiger partial charge on any atom is 0.123 e. The lowest BCUT2D eigenvalue weighted by atomic mass is 10.0. The molecule has 1 unspecified atom stereocenters. The summed E-state index contributed by atoms with van der Waals surface area (Å²) >= 11 is 0. The molecule has 2 aliphatic heterocycles. The molecule has 2 saturated heterocycles. The van der Waals surface area contributed by atoms with E-state index in [1.165, 1.54) is 31.7 Å². The number of nitrogens with zero attached hydrogens (tertiary/aromatic N) is 1. The maximum absolute atomic E-state index is 13.0. The minimum Gasteiger partial charge on any atom is -0.316 e. The fourth-order valence-electron chi connectivity index (χ4n) is 3.54. The van der Waals surface area contributed by atoms with Crippen molar-refractivity contribution in [2.24, 2.45) is 11.8 Å². The second-order valence-corrected chi connectivity index (χ2v) is 5.61. The Kier molecular flexibility index (Phi) is 4.82. The Morgan fingerprint density at radius 1 is 1.21 bits per heavy atom. The van der Waals surface area contributed by atoms with E-state index in [1.54, 1.807) is 12.1 Å². The summed E-state index contributed by atoms with van der Waals surface area (Å²) in [6.07, 6.45) is 1.10. The zero-order chi connectivity index (χ0) is 12.5. The molecule has 19 heavy (non-hydrogen) atoms. The molecule has 3 rings (SSSR count). The van der Waals surface area contributed by atoms with Crippen molar-refractivity contribution in [1.29, 1.82) is 0 Å². The highest BCUT2D eigenvalue weighted by Gasteiger charge is 2.38. The van der Waals surface area contributed by atoms with Crippen molar-refractivity contribution in [3.05, 3.63) is 35.6 Å². The summed E-state index contributed by atoms with van der Waals surface area (Å²) < 4.78 is 13.0. The van der Waals surface area contributed by atoms with E-state index in [-0.39, 0.29) is 18.2 Å². The normalized spacial score (nSPS) is 27.9. The fraction of sp³-hybridized carbons (Fsp3) is 0.600. The first kappa shape index (κ1) is 14.8. The zero-order valence-electron chi connectivity index (χ0n) is 11.3. The van der Waals surface area contributed by atoms with Gasteiger partial charge in [0.1, 0.15) is 5.82 Å². The number of halogens is 2. The van der Waals surface area contributed by atoms with E-state index in [9.17, 15) is 4.39 Å². The largest absolute Gasteiger partial charge is 0.316 e. The minimum atomic E-state index is -0.143. The Labute approximate surface area is 120 Å². The topological polar surface area (TPSA) is 15.3 Å². The van der Waals surface area contributed by atoms with E-state index in [4.69, 9.17) is 0 Å². The van der Waals surface area contributed by atoms with Crippen LogP contribution in [0.2, 0.25) is 0 Å². The molecular weight excluding hydrogens is 263 g/mol. The van der Waals surface area contributed by atoms with Gasteiger partial charge in [0.25, 0.3) is 0 Å². The number of rotatable bonds is 3. The SMILES string of the molecule is CCC(c1ccc(F)cc1)N1C[C@H]2CNC[C@H]2C1.Cl. The highest BCUT2D eigenvalue weighted by molar-refractivity contribution is 5.85. The van der Waals surface area contributed by atoms with Crippen molar-refractivity contribution in [2.75, 3.05) is 26.2 Å². The summed E-state index contributed by atoms with van der Waals surface area (Å²) in [5.41, 5.74) is 1.26. The van der Waals surface area contributed by atoms with Crippen molar-refractivity contribution in [1.82, 2.24) is 10.2 Å². The van der Waals surface area contributed by atoms with Crippen LogP contribution in [-0.4, -0.2) is 31.1 Å². The van der Waals surface area contributed by atoms with Crippen molar-refractivity contribution < 1.29 is 4.39 Å². The van der Waals surface area contributed by atoms with E-state index in [0.717, 1.165) is 18.3 Å². The summed E-state index contributed by atoms with van der Waals surface area (Å²) in [6.45, 7) is 6.93. The van der Waals surface area contributed by atoms with Crippen LogP contribution in [0.25, 0.3) is 0 Å². The van der Waals surface area contributed by atoms with Gasteiger partial charge in [-0.2, -0.15) is 0 Å². The molecule has 0 spiro atoms. The molecule has 1 aromatic rings. The number of hydrogen-bond acceptors (Lipinski definition) is 2. The highest BCUT2D eigenvalue weighted by atomic mass is 35.5. The molecule has 106 valence electrons. The molecular formula is C15H22ClFN2. The summed E-state index contributed by atoms with van der Waals surface area (Å²) in [5, 5.41) is 3.47. The van der Waals surface area contributed by atoms with Crippen LogP contribution >= 0.6 is 12.4 Å². The van der Waals surface area contributed by atoms with Gasteiger partial charge in [-0.05, 0) is 49.0 Å². The lowest BCUT2D eigenvalue weighted by Crippen LogP contribution is -2.29. The smallest absolute Gasteiger partial charge is 0.123 e. The molecule has 1 N–H and O–H groups in total. The molecule has 2 fully saturated rings. The number of likely N-dealkylation sites (tertiary alicyclic amines) is 1. The quantitative estimate of drug-likeness (QED) is 0.918. The molecule has 0 aromatic heterocycles. The monoisotopic (exact) mass is 284 g/mol. The fourth-order valence-corrected chi connectivity index (χ4v) is 3.54. The van der Waals surface area contributed by atoms with Gasteiger partial charge in [0.05, 0.1) is 0 Å². The Morgan fingerprint density at radius 2 is 1.79 bits per heavy atom. The number of fused-ring (bicyclic) bond motifs is 1. The molecule has 4 heteroatoms. The van der Waals surface area contributed by atoms with Crippen LogP contribution in [-0.2, 0) is 0 Å². The zero-order valence-corrected chi connectivity index (χ0v) is 12.1. The third-order valence-electron chi connectivity index (χ3n) is 4.50. The van der Waals surface area contributed by atoms with E-state index in [0.29, 0.717) is 6.04 Å². The minimum absolute atomic E-state index is 0. The number of hydrogen-bond donors (Lipinski definition) is 1. The van der Waals surface area contributed by atoms with Gasteiger partial charge in [-0.1, -0.05) is 19.1 Å². The summed E-state index contributed by atoms with van der Waals surface area (Å²) in [6, 6.07) is 7.50. The van der Waals surface area contributed by atoms with Crippen LogP contribution in [0, 0.1) is 17.7 Å². The second-order valence-electron chi connectivity index (χ2n) is 5.61. The summed E-state index contributed by atoms with van der Waals surface area (Å²) in [7, 11) is 0. The van der Waals surface area contributed by atoms with E-state index in [2.05, 4.69) is 17.1 Å². The highest BCUT2D eigenvalue weighted by Crippen LogP contribution is 2.34. The first-order chi connectivity index (χ1) is 8.78. The Morgan fingerprint density at radius 3 is 2.32 bits per heavy atom. The van der Waals surface area contributed by atoms with Gasteiger partial charge in [-0.25, -0.2) is 4.39 Å². The molecule has 1 aromatic carbocycles. The van der Waals surface area contributed by atoms with Gasteiger partial charge < -0.3 is 5.32 Å². The molecule has 2 nitrogen and oxygen atoms in total. The lowest BCUT2D eigenvalue weighted by Gasteiger charge is -2.28. The van der Waals surface area contributed by atoms with Gasteiger partial charge in [-0.3, -0.25) is 4.90 Å². The van der Waals surface area contributed by atoms with E-state index in [1.807, 2.05) is 12.1 Å². The lowest BCUT2D eigenvalue weighted by molar-refractivity contribution is 0.222. The summed E-state index contributed by atoms with van der Waals surface area (Å²) in [4.78, 5) is 2.59. The van der Waals surface area contributed by atoms with Crippen molar-refractivity contribution in [2.45, 2.75) is 19.4 Å². The molecule has 0 aliphatic carbocycles. The van der Waals surface area contributed by atoms with Crippen LogP contribution in [0.5, 0.6) is 0 Å². The first-order valence-corrected chi connectivity index (χ1v) is 6.98. The number of benzene rings is 1. The molecule has 0 saturated carbocycles. The molecule has 0 radical (unpaired) electrons. The van der Waals surface area contributed by atoms with Gasteiger partial charge in [0, 0.05) is 19.1 Å². The van der Waals surface area contributed by atoms with Crippen LogP contribution in [0.15, 0.2) is 24.3 Å². The average Bonchev–Trinajstić information content (AvgIpc) is 2.93. The second kappa shape index (κ2) is 6.21. The first-order valence-electron chi connectivity index (χ1n) is 6.98. The summed E-state index contributed by atoms with van der Waals surface area (Å²) in [5.74, 6) is 1.50. The van der Waals surface area contributed by atoms with Gasteiger partial charge in [0.2, 0.25) is 0 Å². The van der Waals surface area contributed by atoms with Crippen LogP contribution < -0.4 is 5.32 Å².